The summed E-state index contributed by atoms with van der Waals surface area (Å²) >= 11 is 7.41. The van der Waals surface area contributed by atoms with Gasteiger partial charge in [0, 0.05) is 35.1 Å². The summed E-state index contributed by atoms with van der Waals surface area (Å²) in [5.74, 6) is 0.291. The molecular weight excluding hydrogens is 336 g/mol. The van der Waals surface area contributed by atoms with E-state index in [1.165, 1.54) is 4.80 Å². The first-order valence-electron chi connectivity index (χ1n) is 6.89. The molecule has 9 heteroatoms. The largest absolute Gasteiger partial charge is 0.354 e. The molecule has 1 amide bonds. The summed E-state index contributed by atoms with van der Waals surface area (Å²) in [7, 11) is 0. The molecule has 0 atom stereocenters. The van der Waals surface area contributed by atoms with Gasteiger partial charge in [0.15, 0.2) is 0 Å². The van der Waals surface area contributed by atoms with Gasteiger partial charge in [-0.1, -0.05) is 11.6 Å². The van der Waals surface area contributed by atoms with Crippen molar-refractivity contribution in [1.29, 1.82) is 0 Å². The third kappa shape index (κ3) is 4.33. The predicted octanol–water partition coefficient (Wildman–Crippen LogP) is 1.81. The zero-order valence-corrected chi connectivity index (χ0v) is 13.6. The fourth-order valence-electron chi connectivity index (χ4n) is 1.89. The van der Waals surface area contributed by atoms with Crippen molar-refractivity contribution in [2.24, 2.45) is 0 Å². The van der Waals surface area contributed by atoms with E-state index in [9.17, 15) is 4.79 Å². The Labute approximate surface area is 141 Å². The maximum absolute atomic E-state index is 11.9. The second-order valence-corrected chi connectivity index (χ2v) is 6.09. The summed E-state index contributed by atoms with van der Waals surface area (Å²) in [6, 6.07) is 7.11. The van der Waals surface area contributed by atoms with Gasteiger partial charge in [-0.15, -0.1) is 21.5 Å². The average molecular weight is 349 g/mol. The highest BCUT2D eigenvalue weighted by Crippen LogP contribution is 2.16. The zero-order chi connectivity index (χ0) is 16.1. The molecule has 0 unspecified atom stereocenters. The van der Waals surface area contributed by atoms with Crippen LogP contribution in [0.3, 0.4) is 0 Å². The topological polar surface area (TPSA) is 85.6 Å². The lowest BCUT2D eigenvalue weighted by Crippen LogP contribution is -2.30. The van der Waals surface area contributed by atoms with Gasteiger partial charge in [-0.3, -0.25) is 4.79 Å². The number of rotatable bonds is 6. The number of benzene rings is 1. The zero-order valence-electron chi connectivity index (χ0n) is 12.0. The van der Waals surface area contributed by atoms with Crippen LogP contribution in [-0.2, 0) is 17.8 Å². The third-order valence-corrected chi connectivity index (χ3v) is 4.08. The molecule has 3 aromatic rings. The first kappa shape index (κ1) is 15.6. The number of nitrogens with one attached hydrogen (secondary N) is 1. The highest BCUT2D eigenvalue weighted by atomic mass is 35.5. The summed E-state index contributed by atoms with van der Waals surface area (Å²) in [6.45, 7) is 0.559. The van der Waals surface area contributed by atoms with Crippen LogP contribution in [0.2, 0.25) is 5.02 Å². The van der Waals surface area contributed by atoms with Gasteiger partial charge in [0.2, 0.25) is 11.7 Å². The van der Waals surface area contributed by atoms with Crippen molar-refractivity contribution in [3.8, 4) is 11.4 Å². The molecule has 0 spiro atoms. The lowest BCUT2D eigenvalue weighted by Gasteiger charge is -2.02. The van der Waals surface area contributed by atoms with E-state index in [1.807, 2.05) is 5.38 Å². The van der Waals surface area contributed by atoms with Crippen molar-refractivity contribution in [1.82, 2.24) is 30.5 Å². The minimum Gasteiger partial charge on any atom is -0.354 e. The molecule has 3 rings (SSSR count). The predicted molar refractivity (Wildman–Crippen MR) is 87.1 cm³/mol. The van der Waals surface area contributed by atoms with E-state index in [-0.39, 0.29) is 12.5 Å². The molecular formula is C14H13ClN6OS. The Morgan fingerprint density at radius 3 is 2.87 bits per heavy atom. The van der Waals surface area contributed by atoms with Gasteiger partial charge in [-0.2, -0.15) is 4.80 Å². The van der Waals surface area contributed by atoms with Gasteiger partial charge in [0.1, 0.15) is 6.54 Å². The lowest BCUT2D eigenvalue weighted by molar-refractivity contribution is -0.122. The van der Waals surface area contributed by atoms with E-state index in [1.54, 1.807) is 41.8 Å². The fraction of sp³-hybridized carbons (Fsp3) is 0.214. The number of nitrogens with zero attached hydrogens (tertiary/aromatic N) is 5. The van der Waals surface area contributed by atoms with E-state index in [2.05, 4.69) is 25.7 Å². The van der Waals surface area contributed by atoms with Crippen molar-refractivity contribution in [3.63, 3.8) is 0 Å². The molecule has 0 saturated heterocycles. The molecule has 1 N–H and O–H groups in total. The van der Waals surface area contributed by atoms with Gasteiger partial charge in [0.25, 0.3) is 0 Å². The van der Waals surface area contributed by atoms with E-state index in [4.69, 9.17) is 11.6 Å². The smallest absolute Gasteiger partial charge is 0.243 e. The second-order valence-electron chi connectivity index (χ2n) is 4.68. The number of carbonyl (C=O) groups excluding carboxylic acids is 1. The van der Waals surface area contributed by atoms with Gasteiger partial charge in [-0.25, -0.2) is 4.98 Å². The number of aromatic nitrogens is 5. The molecule has 118 valence electrons. The first-order valence-corrected chi connectivity index (χ1v) is 8.15. The molecule has 0 saturated carbocycles. The molecule has 0 aliphatic heterocycles. The van der Waals surface area contributed by atoms with Crippen LogP contribution < -0.4 is 5.32 Å². The number of carbonyl (C=O) groups is 1. The van der Waals surface area contributed by atoms with Crippen LogP contribution in [0, 0.1) is 0 Å². The number of tetrazole rings is 1. The van der Waals surface area contributed by atoms with Crippen molar-refractivity contribution >= 4 is 28.8 Å². The minimum absolute atomic E-state index is 0.0262. The first-order chi connectivity index (χ1) is 11.2. The molecule has 0 aliphatic carbocycles. The molecule has 2 aromatic heterocycles. The van der Waals surface area contributed by atoms with Gasteiger partial charge in [0.05, 0.1) is 5.01 Å². The van der Waals surface area contributed by atoms with E-state index in [0.29, 0.717) is 23.8 Å². The molecule has 0 bridgehead atoms. The van der Waals surface area contributed by atoms with Crippen LogP contribution in [0.4, 0.5) is 0 Å². The van der Waals surface area contributed by atoms with E-state index in [0.717, 1.165) is 10.6 Å². The Bertz CT molecular complexity index is 771. The Kier molecular flexibility index (Phi) is 4.94. The highest BCUT2D eigenvalue weighted by molar-refractivity contribution is 7.09. The molecule has 2 heterocycles. The maximum Gasteiger partial charge on any atom is 0.243 e. The number of thiazole rings is 1. The molecule has 0 aliphatic rings. The van der Waals surface area contributed by atoms with Crippen LogP contribution >= 0.6 is 22.9 Å². The Balaban J connectivity index is 1.52. The van der Waals surface area contributed by atoms with E-state index >= 15 is 0 Å². The Morgan fingerprint density at radius 1 is 1.30 bits per heavy atom. The van der Waals surface area contributed by atoms with Crippen LogP contribution in [0.5, 0.6) is 0 Å². The molecule has 7 nitrogen and oxygen atoms in total. The van der Waals surface area contributed by atoms with Crippen molar-refractivity contribution in [2.45, 2.75) is 13.0 Å². The monoisotopic (exact) mass is 348 g/mol. The second kappa shape index (κ2) is 7.30. The summed E-state index contributed by atoms with van der Waals surface area (Å²) < 4.78 is 0. The number of hydrogen-bond acceptors (Lipinski definition) is 6. The van der Waals surface area contributed by atoms with Crippen LogP contribution in [0.25, 0.3) is 11.4 Å². The van der Waals surface area contributed by atoms with Crippen molar-refractivity contribution in [3.05, 3.63) is 45.9 Å². The van der Waals surface area contributed by atoms with E-state index < -0.39 is 0 Å². The van der Waals surface area contributed by atoms with Crippen LogP contribution in [0.15, 0.2) is 35.8 Å². The summed E-state index contributed by atoms with van der Waals surface area (Å²) in [5, 5.41) is 18.4. The summed E-state index contributed by atoms with van der Waals surface area (Å²) in [4.78, 5) is 17.3. The Hall–Kier alpha value is -2.32. The van der Waals surface area contributed by atoms with Gasteiger partial charge < -0.3 is 5.32 Å². The average Bonchev–Trinajstić information content (AvgIpc) is 3.20. The molecule has 1 aromatic carbocycles. The molecule has 0 fully saturated rings. The third-order valence-electron chi connectivity index (χ3n) is 2.98. The fourth-order valence-corrected chi connectivity index (χ4v) is 2.64. The maximum atomic E-state index is 11.9. The summed E-state index contributed by atoms with van der Waals surface area (Å²) in [5.41, 5.74) is 0.796. The number of halogens is 1. The van der Waals surface area contributed by atoms with Crippen LogP contribution in [-0.4, -0.2) is 37.6 Å². The quantitative estimate of drug-likeness (QED) is 0.734. The minimum atomic E-state index is -0.165. The van der Waals surface area contributed by atoms with Gasteiger partial charge >= 0.3 is 0 Å². The molecule has 23 heavy (non-hydrogen) atoms. The van der Waals surface area contributed by atoms with Crippen molar-refractivity contribution < 1.29 is 4.79 Å². The van der Waals surface area contributed by atoms with Gasteiger partial charge in [-0.05, 0) is 29.5 Å². The number of amides is 1. The SMILES string of the molecule is O=C(Cn1nnc(-c2ccc(Cl)cc2)n1)NCCc1nccs1. The standard InChI is InChI=1S/C14H13ClN6OS/c15-11-3-1-10(2-4-11)14-18-20-21(19-14)9-12(22)16-6-5-13-17-7-8-23-13/h1-4,7-8H,5-6,9H2,(H,16,22). The van der Waals surface area contributed by atoms with Crippen LogP contribution in [0.1, 0.15) is 5.01 Å². The normalized spacial score (nSPS) is 10.7. The summed E-state index contributed by atoms with van der Waals surface area (Å²) in [6.07, 6.45) is 2.46. The lowest BCUT2D eigenvalue weighted by atomic mass is 10.2. The highest BCUT2D eigenvalue weighted by Gasteiger charge is 2.09. The van der Waals surface area contributed by atoms with Crippen molar-refractivity contribution in [2.75, 3.05) is 6.54 Å². The Morgan fingerprint density at radius 2 is 2.13 bits per heavy atom. The number of hydrogen-bond donors (Lipinski definition) is 1. The molecule has 0 radical (unpaired) electrons.